The van der Waals surface area contributed by atoms with Crippen molar-refractivity contribution in [3.8, 4) is 5.75 Å². The summed E-state index contributed by atoms with van der Waals surface area (Å²) in [5.74, 6) is 0.797. The van der Waals surface area contributed by atoms with Gasteiger partial charge in [0, 0.05) is 13.7 Å². The summed E-state index contributed by atoms with van der Waals surface area (Å²) in [7, 11) is 1.04. The van der Waals surface area contributed by atoms with Gasteiger partial charge < -0.3 is 33.2 Å². The highest BCUT2D eigenvalue weighted by Crippen LogP contribution is 2.40. The highest BCUT2D eigenvalue weighted by atomic mass is 28.4. The van der Waals surface area contributed by atoms with Gasteiger partial charge in [0.25, 0.3) is 0 Å². The van der Waals surface area contributed by atoms with E-state index < -0.39 is 39.0 Å². The quantitative estimate of drug-likeness (QED) is 0.538. The molecule has 8 heteroatoms. The van der Waals surface area contributed by atoms with Crippen LogP contribution in [0.25, 0.3) is 0 Å². The molecule has 1 aromatic rings. The number of rotatable bonds is 10. The van der Waals surface area contributed by atoms with Crippen molar-refractivity contribution < 1.29 is 33.2 Å². The summed E-state index contributed by atoms with van der Waals surface area (Å²) in [6.45, 7) is 13.8. The Morgan fingerprint density at radius 1 is 1.06 bits per heavy atom. The van der Waals surface area contributed by atoms with E-state index >= 15 is 0 Å². The van der Waals surface area contributed by atoms with Crippen molar-refractivity contribution in [2.24, 2.45) is 0 Å². The van der Waals surface area contributed by atoms with Gasteiger partial charge in [-0.2, -0.15) is 0 Å². The second kappa shape index (κ2) is 11.2. The highest BCUT2D eigenvalue weighted by Gasteiger charge is 2.51. The summed E-state index contributed by atoms with van der Waals surface area (Å²) in [6, 6.07) is 7.68. The molecule has 1 aromatic carbocycles. The number of aliphatic hydroxyl groups is 1. The Morgan fingerprint density at radius 3 is 2.23 bits per heavy atom. The van der Waals surface area contributed by atoms with Crippen molar-refractivity contribution in [1.82, 2.24) is 0 Å². The molecule has 0 saturated carbocycles. The first-order valence-corrected chi connectivity index (χ1v) is 13.8. The van der Waals surface area contributed by atoms with Crippen LogP contribution in [-0.2, 0) is 30.0 Å². The standard InChI is InChI=1S/C23H40O7Si/c1-9-28-21-20(30-31(7,8)23(2,3)4)19(24)18(29-22(21)26-6)15-27-14-16-10-12-17(25-5)13-11-16/h10-13,18-22,24H,9,14-15H2,1-8H3/t18-,19-,20+,21+,22+/m1/s1. The molecule has 1 saturated heterocycles. The van der Waals surface area contributed by atoms with E-state index in [1.165, 1.54) is 0 Å². The molecule has 31 heavy (non-hydrogen) atoms. The third-order valence-corrected chi connectivity index (χ3v) is 10.6. The maximum atomic E-state index is 11.2. The van der Waals surface area contributed by atoms with Crippen molar-refractivity contribution in [2.45, 2.75) is 83.1 Å². The van der Waals surface area contributed by atoms with Crippen molar-refractivity contribution in [3.05, 3.63) is 29.8 Å². The summed E-state index contributed by atoms with van der Waals surface area (Å²) >= 11 is 0. The Kier molecular flexibility index (Phi) is 9.51. The Balaban J connectivity index is 2.10. The second-order valence-electron chi connectivity index (χ2n) is 9.40. The average molecular weight is 457 g/mol. The zero-order valence-corrected chi connectivity index (χ0v) is 21.2. The summed E-state index contributed by atoms with van der Waals surface area (Å²) < 4.78 is 35.1. The van der Waals surface area contributed by atoms with Gasteiger partial charge in [-0.15, -0.1) is 0 Å². The van der Waals surface area contributed by atoms with Crippen molar-refractivity contribution in [2.75, 3.05) is 27.4 Å². The van der Waals surface area contributed by atoms with Crippen LogP contribution in [0.5, 0.6) is 5.75 Å². The lowest BCUT2D eigenvalue weighted by molar-refractivity contribution is -0.302. The normalized spacial score (nSPS) is 27.3. The Bertz CT molecular complexity index is 659. The third-order valence-electron chi connectivity index (χ3n) is 6.16. The number of ether oxygens (including phenoxy) is 5. The van der Waals surface area contributed by atoms with E-state index in [1.807, 2.05) is 31.2 Å². The minimum atomic E-state index is -2.17. The van der Waals surface area contributed by atoms with Crippen molar-refractivity contribution in [1.29, 1.82) is 0 Å². The van der Waals surface area contributed by atoms with Gasteiger partial charge in [-0.3, -0.25) is 0 Å². The van der Waals surface area contributed by atoms with E-state index in [2.05, 4.69) is 33.9 Å². The molecule has 1 aliphatic heterocycles. The number of hydrogen-bond donors (Lipinski definition) is 1. The molecular weight excluding hydrogens is 416 g/mol. The van der Waals surface area contributed by atoms with Gasteiger partial charge in [0.1, 0.15) is 30.2 Å². The van der Waals surface area contributed by atoms with Crippen LogP contribution in [0.15, 0.2) is 24.3 Å². The SMILES string of the molecule is CCO[C@@H]1[C@@H](OC)O[C@H](COCc2ccc(OC)cc2)[C@@H](O)[C@@H]1O[Si](C)(C)C(C)(C)C. The van der Waals surface area contributed by atoms with Crippen molar-refractivity contribution >= 4 is 8.32 Å². The zero-order chi connectivity index (χ0) is 23.2. The van der Waals surface area contributed by atoms with E-state index in [9.17, 15) is 5.11 Å². The van der Waals surface area contributed by atoms with Gasteiger partial charge >= 0.3 is 0 Å². The molecule has 0 bridgehead atoms. The average Bonchev–Trinajstić information content (AvgIpc) is 2.72. The van der Waals surface area contributed by atoms with Crippen LogP contribution >= 0.6 is 0 Å². The molecule has 5 atom stereocenters. The topological polar surface area (TPSA) is 75.6 Å². The third kappa shape index (κ3) is 6.74. The molecule has 1 aliphatic rings. The second-order valence-corrected chi connectivity index (χ2v) is 14.2. The first kappa shape index (κ1) is 26.3. The lowest BCUT2D eigenvalue weighted by atomic mass is 9.99. The molecule has 7 nitrogen and oxygen atoms in total. The number of aliphatic hydroxyl groups excluding tert-OH is 1. The Morgan fingerprint density at radius 2 is 1.71 bits per heavy atom. The number of methoxy groups -OCH3 is 2. The van der Waals surface area contributed by atoms with Gasteiger partial charge in [-0.1, -0.05) is 32.9 Å². The number of benzene rings is 1. The van der Waals surface area contributed by atoms with Gasteiger partial charge in [-0.25, -0.2) is 0 Å². The van der Waals surface area contributed by atoms with E-state index in [1.54, 1.807) is 14.2 Å². The minimum absolute atomic E-state index is 0.00921. The zero-order valence-electron chi connectivity index (χ0n) is 20.2. The van der Waals surface area contributed by atoms with Crippen LogP contribution in [0.4, 0.5) is 0 Å². The fraction of sp³-hybridized carbons (Fsp3) is 0.739. The summed E-state index contributed by atoms with van der Waals surface area (Å²) in [6.07, 6.45) is -3.21. The summed E-state index contributed by atoms with van der Waals surface area (Å²) in [4.78, 5) is 0. The van der Waals surface area contributed by atoms with Crippen LogP contribution < -0.4 is 4.74 Å². The molecule has 0 aromatic heterocycles. The summed E-state index contributed by atoms with van der Waals surface area (Å²) in [5.41, 5.74) is 1.01. The van der Waals surface area contributed by atoms with E-state index in [-0.39, 0.29) is 11.6 Å². The fourth-order valence-electron chi connectivity index (χ4n) is 3.25. The predicted molar refractivity (Wildman–Crippen MR) is 122 cm³/mol. The molecule has 178 valence electrons. The maximum Gasteiger partial charge on any atom is 0.192 e. The molecule has 1 heterocycles. The largest absolute Gasteiger partial charge is 0.497 e. The molecule has 0 spiro atoms. The van der Waals surface area contributed by atoms with E-state index in [4.69, 9.17) is 28.1 Å². The van der Waals surface area contributed by atoms with Gasteiger partial charge in [0.15, 0.2) is 14.6 Å². The highest BCUT2D eigenvalue weighted by molar-refractivity contribution is 6.74. The van der Waals surface area contributed by atoms with Crippen molar-refractivity contribution in [3.63, 3.8) is 0 Å². The van der Waals surface area contributed by atoms with E-state index in [0.717, 1.165) is 11.3 Å². The maximum absolute atomic E-state index is 11.2. The Labute approximate surface area is 188 Å². The monoisotopic (exact) mass is 456 g/mol. The molecule has 2 rings (SSSR count). The molecule has 0 unspecified atom stereocenters. The summed E-state index contributed by atoms with van der Waals surface area (Å²) in [5, 5.41) is 11.2. The van der Waals surface area contributed by atoms with Gasteiger partial charge in [0.2, 0.25) is 0 Å². The van der Waals surface area contributed by atoms with Gasteiger partial charge in [0.05, 0.1) is 20.3 Å². The lowest BCUT2D eigenvalue weighted by Gasteiger charge is -2.48. The first-order valence-electron chi connectivity index (χ1n) is 10.9. The molecule has 1 N–H and O–H groups in total. The van der Waals surface area contributed by atoms with E-state index in [0.29, 0.717) is 13.2 Å². The van der Waals surface area contributed by atoms with Crippen LogP contribution in [-0.4, -0.2) is 71.6 Å². The molecular formula is C23H40O7Si. The molecule has 0 amide bonds. The van der Waals surface area contributed by atoms with Crippen LogP contribution in [0, 0.1) is 0 Å². The van der Waals surface area contributed by atoms with Crippen LogP contribution in [0.3, 0.4) is 0 Å². The fourth-order valence-corrected chi connectivity index (χ4v) is 4.56. The molecule has 0 aliphatic carbocycles. The molecule has 1 fully saturated rings. The first-order chi connectivity index (χ1) is 14.5. The van der Waals surface area contributed by atoms with Crippen LogP contribution in [0.1, 0.15) is 33.3 Å². The van der Waals surface area contributed by atoms with Gasteiger partial charge in [-0.05, 0) is 42.8 Å². The minimum Gasteiger partial charge on any atom is -0.497 e. The molecule has 0 radical (unpaired) electrons. The Hall–Kier alpha value is -1.00. The lowest BCUT2D eigenvalue weighted by Crippen LogP contribution is -2.63. The predicted octanol–water partition coefficient (Wildman–Crippen LogP) is 3.74. The smallest absolute Gasteiger partial charge is 0.192 e. The van der Waals surface area contributed by atoms with Crippen LogP contribution in [0.2, 0.25) is 18.1 Å². The number of hydrogen-bond acceptors (Lipinski definition) is 7.